The maximum atomic E-state index is 12.7. The third-order valence-electron chi connectivity index (χ3n) is 6.15. The minimum absolute atomic E-state index is 0.157. The third kappa shape index (κ3) is 3.37. The minimum Gasteiger partial charge on any atom is -0.392 e. The zero-order valence-corrected chi connectivity index (χ0v) is 15.2. The number of amides is 3. The molecule has 1 aliphatic carbocycles. The molecule has 3 aliphatic rings. The van der Waals surface area contributed by atoms with Gasteiger partial charge in [-0.2, -0.15) is 0 Å². The van der Waals surface area contributed by atoms with Crippen molar-refractivity contribution in [2.75, 3.05) is 0 Å². The normalized spacial score (nSPS) is 31.0. The Bertz CT molecular complexity index is 793. The molecule has 4 N–H and O–H groups in total. The van der Waals surface area contributed by atoms with Gasteiger partial charge in [-0.25, -0.2) is 0 Å². The topological polar surface area (TPSA) is 113 Å². The van der Waals surface area contributed by atoms with E-state index in [4.69, 9.17) is 5.73 Å². The molecule has 7 heteroatoms. The second-order valence-electron chi connectivity index (χ2n) is 7.93. The molecule has 1 saturated heterocycles. The number of nitrogens with two attached hydrogens (primary N) is 1. The molecule has 0 bridgehead atoms. The van der Waals surface area contributed by atoms with Crippen LogP contribution in [-0.2, 0) is 22.6 Å². The summed E-state index contributed by atoms with van der Waals surface area (Å²) in [4.78, 5) is 37.8. The maximum absolute atomic E-state index is 12.7. The van der Waals surface area contributed by atoms with E-state index in [-0.39, 0.29) is 30.2 Å². The summed E-state index contributed by atoms with van der Waals surface area (Å²) in [5.41, 5.74) is 8.80. The highest BCUT2D eigenvalue weighted by atomic mass is 16.3. The average molecular weight is 371 g/mol. The van der Waals surface area contributed by atoms with Crippen molar-refractivity contribution in [1.82, 2.24) is 10.2 Å². The van der Waals surface area contributed by atoms with Crippen molar-refractivity contribution in [2.24, 2.45) is 11.7 Å². The van der Waals surface area contributed by atoms with E-state index in [2.05, 4.69) is 5.32 Å². The first-order chi connectivity index (χ1) is 12.9. The van der Waals surface area contributed by atoms with Crippen LogP contribution in [0, 0.1) is 5.92 Å². The highest BCUT2D eigenvalue weighted by molar-refractivity contribution is 6.05. The number of rotatable bonds is 3. The van der Waals surface area contributed by atoms with E-state index < -0.39 is 18.1 Å². The van der Waals surface area contributed by atoms with Crippen LogP contribution in [0.2, 0.25) is 0 Å². The molecule has 2 fully saturated rings. The number of hydrogen-bond acceptors (Lipinski definition) is 5. The van der Waals surface area contributed by atoms with Gasteiger partial charge in [-0.1, -0.05) is 18.6 Å². The van der Waals surface area contributed by atoms with E-state index in [1.807, 2.05) is 18.2 Å². The summed E-state index contributed by atoms with van der Waals surface area (Å²) in [5, 5.41) is 12.3. The van der Waals surface area contributed by atoms with Crippen molar-refractivity contribution in [3.05, 3.63) is 34.9 Å². The SMILES string of the molecule is N[C@@H]1[C@@H](Cc2ccc3c(c2)CN([C@H]2CCC(=O)NC2=O)C3=O)CCC[C@@H]1O. The Balaban J connectivity index is 1.49. The molecule has 2 heterocycles. The Labute approximate surface area is 157 Å². The van der Waals surface area contributed by atoms with Crippen LogP contribution >= 0.6 is 0 Å². The number of aliphatic hydroxyl groups is 1. The lowest BCUT2D eigenvalue weighted by molar-refractivity contribution is -0.136. The van der Waals surface area contributed by atoms with E-state index in [0.29, 0.717) is 18.5 Å². The molecule has 0 spiro atoms. The zero-order chi connectivity index (χ0) is 19.1. The van der Waals surface area contributed by atoms with Gasteiger partial charge in [0.25, 0.3) is 5.91 Å². The van der Waals surface area contributed by atoms with Gasteiger partial charge >= 0.3 is 0 Å². The van der Waals surface area contributed by atoms with Crippen molar-refractivity contribution < 1.29 is 19.5 Å². The smallest absolute Gasteiger partial charge is 0.255 e. The summed E-state index contributed by atoms with van der Waals surface area (Å²) in [6, 6.07) is 4.98. The molecule has 0 aromatic heterocycles. The van der Waals surface area contributed by atoms with Gasteiger partial charge in [0.2, 0.25) is 11.8 Å². The molecule has 1 aromatic rings. The van der Waals surface area contributed by atoms with Crippen molar-refractivity contribution >= 4 is 17.7 Å². The Kier molecular flexibility index (Phi) is 4.74. The Hall–Kier alpha value is -2.25. The van der Waals surface area contributed by atoms with E-state index in [0.717, 1.165) is 36.8 Å². The lowest BCUT2D eigenvalue weighted by Crippen LogP contribution is -2.52. The summed E-state index contributed by atoms with van der Waals surface area (Å²) in [5.74, 6) is -0.602. The van der Waals surface area contributed by atoms with Gasteiger partial charge in [0.05, 0.1) is 6.10 Å². The molecular formula is C20H25N3O4. The van der Waals surface area contributed by atoms with Crippen molar-refractivity contribution in [1.29, 1.82) is 0 Å². The molecule has 27 heavy (non-hydrogen) atoms. The number of nitrogens with zero attached hydrogens (tertiary/aromatic N) is 1. The van der Waals surface area contributed by atoms with Gasteiger partial charge in [-0.3, -0.25) is 19.7 Å². The number of piperidine rings is 1. The molecule has 4 atom stereocenters. The Morgan fingerprint density at radius 2 is 2.00 bits per heavy atom. The van der Waals surface area contributed by atoms with Crippen molar-refractivity contribution in [2.45, 2.75) is 63.3 Å². The van der Waals surface area contributed by atoms with Crippen LogP contribution < -0.4 is 11.1 Å². The summed E-state index contributed by atoms with van der Waals surface area (Å²) in [6.45, 7) is 0.383. The molecule has 0 unspecified atom stereocenters. The summed E-state index contributed by atoms with van der Waals surface area (Å²) in [7, 11) is 0. The number of benzene rings is 1. The number of nitrogens with one attached hydrogen (secondary N) is 1. The fourth-order valence-corrected chi connectivity index (χ4v) is 4.58. The summed E-state index contributed by atoms with van der Waals surface area (Å²) >= 11 is 0. The Morgan fingerprint density at radius 3 is 2.78 bits per heavy atom. The highest BCUT2D eigenvalue weighted by Gasteiger charge is 2.39. The lowest BCUT2D eigenvalue weighted by Gasteiger charge is -2.33. The van der Waals surface area contributed by atoms with Gasteiger partial charge in [0, 0.05) is 24.6 Å². The molecule has 3 amide bonds. The standard InChI is InChI=1S/C20H25N3O4/c21-18-12(2-1-3-16(18)24)8-11-4-5-14-13(9-11)10-23(20(14)27)15-6-7-17(25)22-19(15)26/h4-5,9,12,15-16,18,24H,1-3,6-8,10,21H2,(H,22,25,26)/t12-,15+,16+,18-/m1/s1. The first kappa shape index (κ1) is 18.1. The predicted molar refractivity (Wildman–Crippen MR) is 97.5 cm³/mol. The fourth-order valence-electron chi connectivity index (χ4n) is 4.58. The van der Waals surface area contributed by atoms with Crippen LogP contribution in [-0.4, -0.2) is 45.9 Å². The average Bonchev–Trinajstić information content (AvgIpc) is 2.95. The van der Waals surface area contributed by atoms with Crippen LogP contribution in [0.3, 0.4) is 0 Å². The van der Waals surface area contributed by atoms with Gasteiger partial charge in [0.1, 0.15) is 6.04 Å². The van der Waals surface area contributed by atoms with Crippen LogP contribution in [0.5, 0.6) is 0 Å². The molecule has 2 aliphatic heterocycles. The fraction of sp³-hybridized carbons (Fsp3) is 0.550. The number of carbonyl (C=O) groups excluding carboxylic acids is 3. The second kappa shape index (κ2) is 7.05. The van der Waals surface area contributed by atoms with Gasteiger partial charge in [-0.05, 0) is 48.8 Å². The van der Waals surface area contributed by atoms with Gasteiger partial charge in [0.15, 0.2) is 0 Å². The minimum atomic E-state index is -0.590. The number of hydrogen-bond donors (Lipinski definition) is 3. The van der Waals surface area contributed by atoms with Crippen molar-refractivity contribution in [3.63, 3.8) is 0 Å². The second-order valence-corrected chi connectivity index (χ2v) is 7.93. The zero-order valence-electron chi connectivity index (χ0n) is 15.2. The third-order valence-corrected chi connectivity index (χ3v) is 6.15. The van der Waals surface area contributed by atoms with Crippen LogP contribution in [0.4, 0.5) is 0 Å². The molecule has 7 nitrogen and oxygen atoms in total. The largest absolute Gasteiger partial charge is 0.392 e. The predicted octanol–water partition coefficient (Wildman–Crippen LogP) is 0.478. The lowest BCUT2D eigenvalue weighted by atomic mass is 9.79. The summed E-state index contributed by atoms with van der Waals surface area (Å²) in [6.07, 6.45) is 3.69. The van der Waals surface area contributed by atoms with Crippen LogP contribution in [0.25, 0.3) is 0 Å². The quantitative estimate of drug-likeness (QED) is 0.669. The molecule has 1 aromatic carbocycles. The van der Waals surface area contributed by atoms with Crippen LogP contribution in [0.15, 0.2) is 18.2 Å². The van der Waals surface area contributed by atoms with Gasteiger partial charge < -0.3 is 15.7 Å². The number of fused-ring (bicyclic) bond motifs is 1. The molecule has 144 valence electrons. The molecule has 4 rings (SSSR count). The van der Waals surface area contributed by atoms with Gasteiger partial charge in [-0.15, -0.1) is 0 Å². The molecule has 1 saturated carbocycles. The number of carbonyl (C=O) groups is 3. The van der Waals surface area contributed by atoms with E-state index in [1.165, 1.54) is 0 Å². The number of imide groups is 1. The molecular weight excluding hydrogens is 346 g/mol. The molecule has 0 radical (unpaired) electrons. The van der Waals surface area contributed by atoms with E-state index in [1.54, 1.807) is 4.90 Å². The first-order valence-corrected chi connectivity index (χ1v) is 9.64. The van der Waals surface area contributed by atoms with E-state index in [9.17, 15) is 19.5 Å². The highest BCUT2D eigenvalue weighted by Crippen LogP contribution is 2.31. The van der Waals surface area contributed by atoms with Crippen LogP contribution in [0.1, 0.15) is 53.6 Å². The maximum Gasteiger partial charge on any atom is 0.255 e. The summed E-state index contributed by atoms with van der Waals surface area (Å²) < 4.78 is 0. The number of aliphatic hydroxyl groups excluding tert-OH is 1. The first-order valence-electron chi connectivity index (χ1n) is 9.64. The van der Waals surface area contributed by atoms with E-state index >= 15 is 0 Å². The Morgan fingerprint density at radius 1 is 1.19 bits per heavy atom. The van der Waals surface area contributed by atoms with Crippen molar-refractivity contribution in [3.8, 4) is 0 Å². The monoisotopic (exact) mass is 371 g/mol.